The Kier molecular flexibility index (Phi) is 6.29. The van der Waals surface area contributed by atoms with Crippen LogP contribution >= 0.6 is 11.3 Å². The Balaban J connectivity index is 1.84. The van der Waals surface area contributed by atoms with Crippen LogP contribution in [0.2, 0.25) is 0 Å². The molecule has 1 heterocycles. The number of nitrogens with zero attached hydrogens (tertiary/aromatic N) is 1. The number of hydrogen-bond donors (Lipinski definition) is 1. The highest BCUT2D eigenvalue weighted by atomic mass is 32.2. The summed E-state index contributed by atoms with van der Waals surface area (Å²) in [5.41, 5.74) is 0.846. The molecule has 0 bridgehead atoms. The Morgan fingerprint density at radius 2 is 1.62 bits per heavy atom. The quantitative estimate of drug-likeness (QED) is 0.607. The average molecular weight is 437 g/mol. The van der Waals surface area contributed by atoms with Gasteiger partial charge in [0.2, 0.25) is 5.91 Å². The molecule has 1 aromatic heterocycles. The van der Waals surface area contributed by atoms with Gasteiger partial charge in [0.1, 0.15) is 22.4 Å². The van der Waals surface area contributed by atoms with Crippen LogP contribution in [0.3, 0.4) is 0 Å². The summed E-state index contributed by atoms with van der Waals surface area (Å²) in [6.07, 6.45) is 0. The monoisotopic (exact) mass is 436 g/mol. The van der Waals surface area contributed by atoms with Gasteiger partial charge in [-0.05, 0) is 60.3 Å². The number of carbonyl (C=O) groups excluding carboxylic acids is 1. The minimum absolute atomic E-state index is 0.0706. The number of hydrogen-bond acceptors (Lipinski definition) is 4. The molecule has 152 valence electrons. The maximum absolute atomic E-state index is 13.3. The molecule has 1 amide bonds. The average Bonchev–Trinajstić information content (AvgIpc) is 3.23. The van der Waals surface area contributed by atoms with E-state index in [1.807, 2.05) is 0 Å². The summed E-state index contributed by atoms with van der Waals surface area (Å²) in [5, 5.41) is 4.32. The molecule has 0 saturated carbocycles. The van der Waals surface area contributed by atoms with Crippen molar-refractivity contribution in [3.05, 3.63) is 83.2 Å². The maximum Gasteiger partial charge on any atom is 0.274 e. The first kappa shape index (κ1) is 20.9. The van der Waals surface area contributed by atoms with E-state index in [4.69, 9.17) is 0 Å². The zero-order valence-electron chi connectivity index (χ0n) is 15.4. The van der Waals surface area contributed by atoms with Crippen LogP contribution in [0.4, 0.5) is 14.5 Å². The molecular formula is C20H18F2N2O3S2. The molecule has 5 nitrogen and oxygen atoms in total. The van der Waals surface area contributed by atoms with Crippen LogP contribution in [0.5, 0.6) is 0 Å². The van der Waals surface area contributed by atoms with Crippen molar-refractivity contribution in [1.29, 1.82) is 0 Å². The van der Waals surface area contributed by atoms with Crippen molar-refractivity contribution in [1.82, 2.24) is 5.32 Å². The fraction of sp³-hybridized carbons (Fsp3) is 0.150. The number of rotatable bonds is 7. The Labute approximate surface area is 171 Å². The first-order valence-electron chi connectivity index (χ1n) is 8.64. The van der Waals surface area contributed by atoms with E-state index in [2.05, 4.69) is 5.32 Å². The Hall–Kier alpha value is -2.78. The Bertz CT molecular complexity index is 1070. The van der Waals surface area contributed by atoms with Crippen molar-refractivity contribution >= 4 is 33.0 Å². The van der Waals surface area contributed by atoms with Gasteiger partial charge in [-0.15, -0.1) is 11.3 Å². The minimum atomic E-state index is -4.01. The predicted octanol–water partition coefficient (Wildman–Crippen LogP) is 4.10. The standard InChI is InChI=1S/C20H18F2N2O3S2/c1-14(15-4-6-16(21)7-5-15)23-19(25)13-24(18-10-8-17(22)9-11-18)29(26,27)20-3-2-12-28-20/h2-12,14H,13H2,1H3,(H,23,25)/t14-/m0/s1. The summed E-state index contributed by atoms with van der Waals surface area (Å²) < 4.78 is 53.4. The van der Waals surface area contributed by atoms with Gasteiger partial charge in [0.15, 0.2) is 0 Å². The summed E-state index contributed by atoms with van der Waals surface area (Å²) in [4.78, 5) is 12.6. The third kappa shape index (κ3) is 4.99. The lowest BCUT2D eigenvalue weighted by atomic mass is 10.1. The van der Waals surface area contributed by atoms with Gasteiger partial charge in [-0.1, -0.05) is 18.2 Å². The number of anilines is 1. The molecule has 0 saturated heterocycles. The van der Waals surface area contributed by atoms with Crippen molar-refractivity contribution in [3.8, 4) is 0 Å². The van der Waals surface area contributed by atoms with Crippen molar-refractivity contribution < 1.29 is 22.0 Å². The van der Waals surface area contributed by atoms with Crippen LogP contribution in [0.15, 0.2) is 70.3 Å². The van der Waals surface area contributed by atoms with Gasteiger partial charge in [-0.2, -0.15) is 0 Å². The number of nitrogens with one attached hydrogen (secondary N) is 1. The molecule has 1 atom stereocenters. The molecule has 0 unspecified atom stereocenters. The molecule has 0 fully saturated rings. The number of amides is 1. The van der Waals surface area contributed by atoms with Gasteiger partial charge < -0.3 is 5.32 Å². The highest BCUT2D eigenvalue weighted by Crippen LogP contribution is 2.26. The fourth-order valence-electron chi connectivity index (χ4n) is 2.69. The smallest absolute Gasteiger partial charge is 0.274 e. The van der Waals surface area contributed by atoms with E-state index in [9.17, 15) is 22.0 Å². The predicted molar refractivity (Wildman–Crippen MR) is 108 cm³/mol. The van der Waals surface area contributed by atoms with Crippen LogP contribution in [0.1, 0.15) is 18.5 Å². The van der Waals surface area contributed by atoms with Crippen molar-refractivity contribution in [2.75, 3.05) is 10.8 Å². The molecule has 0 aliphatic carbocycles. The molecule has 1 N–H and O–H groups in total. The van der Waals surface area contributed by atoms with Crippen LogP contribution in [0, 0.1) is 11.6 Å². The first-order valence-corrected chi connectivity index (χ1v) is 11.0. The summed E-state index contributed by atoms with van der Waals surface area (Å²) in [6, 6.07) is 13.1. The molecule has 0 aliphatic rings. The zero-order valence-corrected chi connectivity index (χ0v) is 17.0. The lowest BCUT2D eigenvalue weighted by Crippen LogP contribution is -2.41. The van der Waals surface area contributed by atoms with Crippen molar-refractivity contribution in [2.24, 2.45) is 0 Å². The number of sulfonamides is 1. The van der Waals surface area contributed by atoms with E-state index in [-0.39, 0.29) is 9.90 Å². The third-order valence-electron chi connectivity index (χ3n) is 4.19. The summed E-state index contributed by atoms with van der Waals surface area (Å²) in [6.45, 7) is 1.22. The second-order valence-corrected chi connectivity index (χ2v) is 9.30. The molecule has 29 heavy (non-hydrogen) atoms. The fourth-order valence-corrected chi connectivity index (χ4v) is 5.22. The van der Waals surface area contributed by atoms with E-state index in [1.165, 1.54) is 30.3 Å². The van der Waals surface area contributed by atoms with E-state index < -0.39 is 40.2 Å². The third-order valence-corrected chi connectivity index (χ3v) is 7.34. The highest BCUT2D eigenvalue weighted by molar-refractivity contribution is 7.94. The highest BCUT2D eigenvalue weighted by Gasteiger charge is 2.28. The maximum atomic E-state index is 13.3. The molecular weight excluding hydrogens is 418 g/mol. The Morgan fingerprint density at radius 1 is 1.03 bits per heavy atom. The van der Waals surface area contributed by atoms with Gasteiger partial charge >= 0.3 is 0 Å². The van der Waals surface area contributed by atoms with E-state index in [0.717, 1.165) is 27.8 Å². The summed E-state index contributed by atoms with van der Waals surface area (Å²) in [5.74, 6) is -1.46. The van der Waals surface area contributed by atoms with Crippen LogP contribution < -0.4 is 9.62 Å². The second kappa shape index (κ2) is 8.71. The summed E-state index contributed by atoms with van der Waals surface area (Å²) >= 11 is 1.02. The lowest BCUT2D eigenvalue weighted by Gasteiger charge is -2.24. The van der Waals surface area contributed by atoms with Gasteiger partial charge in [0, 0.05) is 0 Å². The lowest BCUT2D eigenvalue weighted by molar-refractivity contribution is -0.120. The van der Waals surface area contributed by atoms with Gasteiger partial charge in [0.05, 0.1) is 11.7 Å². The second-order valence-electron chi connectivity index (χ2n) is 6.26. The largest absolute Gasteiger partial charge is 0.348 e. The minimum Gasteiger partial charge on any atom is -0.348 e. The van der Waals surface area contributed by atoms with Crippen molar-refractivity contribution in [2.45, 2.75) is 17.2 Å². The molecule has 3 aromatic rings. The van der Waals surface area contributed by atoms with E-state index in [1.54, 1.807) is 30.5 Å². The van der Waals surface area contributed by atoms with Gasteiger partial charge in [0.25, 0.3) is 10.0 Å². The molecule has 0 aliphatic heterocycles. The zero-order chi connectivity index (χ0) is 21.0. The molecule has 9 heteroatoms. The van der Waals surface area contributed by atoms with E-state index >= 15 is 0 Å². The summed E-state index contributed by atoms with van der Waals surface area (Å²) in [7, 11) is -4.01. The number of carbonyl (C=O) groups is 1. The number of benzene rings is 2. The normalized spacial score (nSPS) is 12.4. The van der Waals surface area contributed by atoms with Crippen LogP contribution in [-0.2, 0) is 14.8 Å². The van der Waals surface area contributed by atoms with Gasteiger partial charge in [-0.25, -0.2) is 17.2 Å². The van der Waals surface area contributed by atoms with Crippen LogP contribution in [0.25, 0.3) is 0 Å². The molecule has 2 aromatic carbocycles. The van der Waals surface area contributed by atoms with Gasteiger partial charge in [-0.3, -0.25) is 9.10 Å². The molecule has 0 radical (unpaired) electrons. The molecule has 0 spiro atoms. The number of thiophene rings is 1. The van der Waals surface area contributed by atoms with Crippen LogP contribution in [-0.4, -0.2) is 20.9 Å². The Morgan fingerprint density at radius 3 is 2.17 bits per heavy atom. The number of halogens is 2. The topological polar surface area (TPSA) is 66.5 Å². The van der Waals surface area contributed by atoms with Crippen molar-refractivity contribution in [3.63, 3.8) is 0 Å². The molecule has 3 rings (SSSR count). The van der Waals surface area contributed by atoms with E-state index in [0.29, 0.717) is 5.56 Å². The SMILES string of the molecule is C[C@H](NC(=O)CN(c1ccc(F)cc1)S(=O)(=O)c1cccs1)c1ccc(F)cc1. The first-order chi connectivity index (χ1) is 13.8.